The second-order valence-electron chi connectivity index (χ2n) is 7.78. The van der Waals surface area contributed by atoms with Gasteiger partial charge in [-0.05, 0) is 61.4 Å². The molecule has 1 saturated carbocycles. The third kappa shape index (κ3) is 4.39. The Morgan fingerprint density at radius 1 is 1.08 bits per heavy atom. The van der Waals surface area contributed by atoms with Gasteiger partial charge in [0, 0.05) is 19.1 Å². The summed E-state index contributed by atoms with van der Waals surface area (Å²) < 4.78 is 0. The number of fused-ring (bicyclic) bond motifs is 1. The fraction of sp³-hybridized carbons (Fsp3) is 0.500. The van der Waals surface area contributed by atoms with Gasteiger partial charge in [-0.15, -0.1) is 12.4 Å². The normalized spacial score (nSPS) is 19.2. The smallest absolute Gasteiger partial charge is 0.229 e. The van der Waals surface area contributed by atoms with Crippen molar-refractivity contribution in [1.29, 1.82) is 0 Å². The summed E-state index contributed by atoms with van der Waals surface area (Å²) in [5.74, 6) is 1.13. The van der Waals surface area contributed by atoms with Crippen LogP contribution in [0.4, 0.5) is 0 Å². The number of nitrogens with zero attached hydrogens (tertiary/aromatic N) is 1. The van der Waals surface area contributed by atoms with Crippen molar-refractivity contribution in [2.24, 2.45) is 5.92 Å². The van der Waals surface area contributed by atoms with Gasteiger partial charge in [-0.25, -0.2) is 0 Å². The number of piperidine rings is 1. The lowest BCUT2D eigenvalue weighted by Crippen LogP contribution is -2.46. The molecule has 4 rings (SSSR count). The molecule has 1 amide bonds. The van der Waals surface area contributed by atoms with Gasteiger partial charge in [0.15, 0.2) is 0 Å². The number of likely N-dealkylation sites (tertiary alicyclic amines) is 1. The first-order chi connectivity index (χ1) is 12.2. The van der Waals surface area contributed by atoms with Gasteiger partial charge in [-0.2, -0.15) is 0 Å². The predicted molar refractivity (Wildman–Crippen MR) is 110 cm³/mol. The van der Waals surface area contributed by atoms with Crippen molar-refractivity contribution in [1.82, 2.24) is 10.2 Å². The highest BCUT2D eigenvalue weighted by atomic mass is 35.5. The molecule has 4 heteroatoms. The van der Waals surface area contributed by atoms with E-state index in [0.29, 0.717) is 6.04 Å². The first-order valence-corrected chi connectivity index (χ1v) is 9.71. The molecule has 2 fully saturated rings. The van der Waals surface area contributed by atoms with E-state index in [2.05, 4.69) is 52.7 Å². The van der Waals surface area contributed by atoms with E-state index in [9.17, 15) is 4.79 Å². The number of amides is 1. The minimum Gasteiger partial charge on any atom is -0.342 e. The number of nitrogens with one attached hydrogen (secondary N) is 1. The molecule has 3 nitrogen and oxygen atoms in total. The molecule has 26 heavy (non-hydrogen) atoms. The molecule has 1 aliphatic carbocycles. The van der Waals surface area contributed by atoms with E-state index in [1.807, 2.05) is 6.92 Å². The maximum Gasteiger partial charge on any atom is 0.229 e. The zero-order valence-corrected chi connectivity index (χ0v) is 16.3. The van der Waals surface area contributed by atoms with E-state index in [-0.39, 0.29) is 24.2 Å². The van der Waals surface area contributed by atoms with Crippen molar-refractivity contribution in [2.45, 2.75) is 44.6 Å². The number of rotatable bonds is 5. The molecule has 1 atom stereocenters. The monoisotopic (exact) mass is 372 g/mol. The fourth-order valence-corrected chi connectivity index (χ4v) is 3.85. The Morgan fingerprint density at radius 2 is 1.77 bits per heavy atom. The van der Waals surface area contributed by atoms with Crippen LogP contribution in [0.25, 0.3) is 10.8 Å². The van der Waals surface area contributed by atoms with Gasteiger partial charge in [-0.1, -0.05) is 42.5 Å². The maximum atomic E-state index is 12.9. The average Bonchev–Trinajstić information content (AvgIpc) is 3.50. The topological polar surface area (TPSA) is 32.3 Å². The van der Waals surface area contributed by atoms with E-state index in [1.54, 1.807) is 0 Å². The van der Waals surface area contributed by atoms with Crippen molar-refractivity contribution in [3.8, 4) is 0 Å². The largest absolute Gasteiger partial charge is 0.342 e. The lowest BCUT2D eigenvalue weighted by Gasteiger charge is -2.34. The first-order valence-electron chi connectivity index (χ1n) is 9.71. The minimum atomic E-state index is -0.0689. The highest BCUT2D eigenvalue weighted by molar-refractivity contribution is 5.87. The summed E-state index contributed by atoms with van der Waals surface area (Å²) in [7, 11) is 0. The molecular weight excluding hydrogens is 344 g/mol. The molecule has 1 N–H and O–H groups in total. The number of hydrogen-bond donors (Lipinski definition) is 1. The number of benzene rings is 2. The number of halogens is 1. The average molecular weight is 373 g/mol. The van der Waals surface area contributed by atoms with Gasteiger partial charge in [0.05, 0.1) is 5.92 Å². The number of carbonyl (C=O) groups is 1. The van der Waals surface area contributed by atoms with Crippen LogP contribution in [0.5, 0.6) is 0 Å². The van der Waals surface area contributed by atoms with E-state index in [4.69, 9.17) is 0 Å². The molecule has 0 radical (unpaired) electrons. The van der Waals surface area contributed by atoms with E-state index >= 15 is 0 Å². The molecule has 0 spiro atoms. The summed E-state index contributed by atoms with van der Waals surface area (Å²) in [6.45, 7) is 4.99. The molecule has 0 aromatic heterocycles. The van der Waals surface area contributed by atoms with Crippen molar-refractivity contribution in [3.63, 3.8) is 0 Å². The van der Waals surface area contributed by atoms with Gasteiger partial charge >= 0.3 is 0 Å². The van der Waals surface area contributed by atoms with Crippen LogP contribution in [0.15, 0.2) is 42.5 Å². The number of carbonyl (C=O) groups excluding carboxylic acids is 1. The third-order valence-corrected chi connectivity index (χ3v) is 5.84. The van der Waals surface area contributed by atoms with Crippen LogP contribution >= 0.6 is 12.4 Å². The highest BCUT2D eigenvalue weighted by Gasteiger charge is 2.28. The Morgan fingerprint density at radius 3 is 2.46 bits per heavy atom. The molecule has 2 aromatic carbocycles. The second-order valence-corrected chi connectivity index (χ2v) is 7.78. The van der Waals surface area contributed by atoms with Crippen LogP contribution in [-0.2, 0) is 4.79 Å². The first kappa shape index (κ1) is 19.2. The summed E-state index contributed by atoms with van der Waals surface area (Å²) in [6, 6.07) is 15.3. The standard InChI is InChI=1S/C22H28N2O.ClH/c1-16(19-9-8-18-4-2-3-5-20(18)14-19)22(25)24-12-10-21(11-13-24)23-15-17-6-7-17;/h2-5,8-9,14,16-17,21,23H,6-7,10-13,15H2,1H3;1H. The maximum absolute atomic E-state index is 12.9. The lowest BCUT2D eigenvalue weighted by atomic mass is 9.95. The molecule has 2 aliphatic rings. The Kier molecular flexibility index (Phi) is 6.20. The van der Waals surface area contributed by atoms with Gasteiger partial charge in [-0.3, -0.25) is 4.79 Å². The van der Waals surface area contributed by atoms with Crippen molar-refractivity contribution in [3.05, 3.63) is 48.0 Å². The summed E-state index contributed by atoms with van der Waals surface area (Å²) in [6.07, 6.45) is 4.97. The summed E-state index contributed by atoms with van der Waals surface area (Å²) in [4.78, 5) is 15.0. The van der Waals surface area contributed by atoms with Gasteiger partial charge in [0.25, 0.3) is 0 Å². The molecule has 1 unspecified atom stereocenters. The second kappa shape index (κ2) is 8.41. The van der Waals surface area contributed by atoms with Crippen LogP contribution in [0.2, 0.25) is 0 Å². The predicted octanol–water partition coefficient (Wildman–Crippen LogP) is 4.36. The zero-order valence-electron chi connectivity index (χ0n) is 15.5. The quantitative estimate of drug-likeness (QED) is 0.845. The highest BCUT2D eigenvalue weighted by Crippen LogP contribution is 2.28. The van der Waals surface area contributed by atoms with Crippen LogP contribution in [0.3, 0.4) is 0 Å². The fourth-order valence-electron chi connectivity index (χ4n) is 3.85. The third-order valence-electron chi connectivity index (χ3n) is 5.84. The molecule has 1 saturated heterocycles. The zero-order chi connectivity index (χ0) is 17.2. The molecular formula is C22H29ClN2O. The van der Waals surface area contributed by atoms with Gasteiger partial charge < -0.3 is 10.2 Å². The van der Waals surface area contributed by atoms with Crippen LogP contribution in [0.1, 0.15) is 44.1 Å². The molecule has 1 aliphatic heterocycles. The van der Waals surface area contributed by atoms with E-state index < -0.39 is 0 Å². The Balaban J connectivity index is 0.00000196. The van der Waals surface area contributed by atoms with Crippen LogP contribution in [-0.4, -0.2) is 36.5 Å². The molecule has 2 aromatic rings. The van der Waals surface area contributed by atoms with Gasteiger partial charge in [0.2, 0.25) is 5.91 Å². The van der Waals surface area contributed by atoms with Gasteiger partial charge in [0.1, 0.15) is 0 Å². The summed E-state index contributed by atoms with van der Waals surface area (Å²) in [5, 5.41) is 6.13. The van der Waals surface area contributed by atoms with Crippen molar-refractivity contribution in [2.75, 3.05) is 19.6 Å². The van der Waals surface area contributed by atoms with Crippen molar-refractivity contribution < 1.29 is 4.79 Å². The SMILES string of the molecule is CC(C(=O)N1CCC(NCC2CC2)CC1)c1ccc2ccccc2c1.Cl. The molecule has 0 bridgehead atoms. The van der Waals surface area contributed by atoms with Crippen LogP contribution in [0, 0.1) is 5.92 Å². The van der Waals surface area contributed by atoms with Crippen molar-refractivity contribution >= 4 is 29.1 Å². The number of hydrogen-bond acceptors (Lipinski definition) is 2. The molecule has 140 valence electrons. The summed E-state index contributed by atoms with van der Waals surface area (Å²) >= 11 is 0. The molecule has 1 heterocycles. The van der Waals surface area contributed by atoms with E-state index in [1.165, 1.54) is 30.2 Å². The Hall–Kier alpha value is -1.58. The summed E-state index contributed by atoms with van der Waals surface area (Å²) in [5.41, 5.74) is 1.12. The lowest BCUT2D eigenvalue weighted by molar-refractivity contribution is -0.133. The van der Waals surface area contributed by atoms with E-state index in [0.717, 1.165) is 37.4 Å². The Labute approximate surface area is 162 Å². The Bertz CT molecular complexity index is 751. The van der Waals surface area contributed by atoms with Crippen LogP contribution < -0.4 is 5.32 Å². The minimum absolute atomic E-state index is 0.